The molecule has 0 unspecified atom stereocenters. The zero-order valence-corrected chi connectivity index (χ0v) is 14.6. The number of hydrogen-bond acceptors (Lipinski definition) is 4. The van der Waals surface area contributed by atoms with E-state index in [9.17, 15) is 4.79 Å². The van der Waals surface area contributed by atoms with Gasteiger partial charge in [0.2, 0.25) is 0 Å². The van der Waals surface area contributed by atoms with Gasteiger partial charge in [-0.15, -0.1) is 12.4 Å². The molecule has 2 heterocycles. The third-order valence-electron chi connectivity index (χ3n) is 3.56. The van der Waals surface area contributed by atoms with Gasteiger partial charge in [-0.3, -0.25) is 5.32 Å². The SMILES string of the molecule is CCNC(=O)Nc1cc2cccc(CNc3ccccn3)c2cn1.Cl. The molecular weight excluding hydrogens is 338 g/mol. The molecule has 0 spiro atoms. The smallest absolute Gasteiger partial charge is 0.320 e. The molecule has 3 aromatic rings. The fraction of sp³-hybridized carbons (Fsp3) is 0.167. The first-order chi connectivity index (χ1) is 11.8. The van der Waals surface area contributed by atoms with Crippen molar-refractivity contribution in [1.82, 2.24) is 15.3 Å². The Bertz CT molecular complexity index is 841. The molecule has 3 N–H and O–H groups in total. The third kappa shape index (κ3) is 4.81. The van der Waals surface area contributed by atoms with Crippen molar-refractivity contribution in [3.63, 3.8) is 0 Å². The van der Waals surface area contributed by atoms with Crippen LogP contribution in [0.1, 0.15) is 12.5 Å². The predicted molar refractivity (Wildman–Crippen MR) is 103 cm³/mol. The van der Waals surface area contributed by atoms with Crippen LogP contribution in [0, 0.1) is 0 Å². The van der Waals surface area contributed by atoms with Crippen molar-refractivity contribution in [3.8, 4) is 0 Å². The molecule has 25 heavy (non-hydrogen) atoms. The fourth-order valence-corrected chi connectivity index (χ4v) is 2.43. The maximum absolute atomic E-state index is 11.6. The van der Waals surface area contributed by atoms with Crippen molar-refractivity contribution >= 4 is 40.8 Å². The van der Waals surface area contributed by atoms with E-state index in [1.54, 1.807) is 12.4 Å². The molecule has 2 amide bonds. The molecule has 0 aliphatic heterocycles. The van der Waals surface area contributed by atoms with Gasteiger partial charge in [0, 0.05) is 30.9 Å². The van der Waals surface area contributed by atoms with Crippen molar-refractivity contribution < 1.29 is 4.79 Å². The lowest BCUT2D eigenvalue weighted by molar-refractivity contribution is 0.252. The predicted octanol–water partition coefficient (Wildman–Crippen LogP) is 3.81. The van der Waals surface area contributed by atoms with Crippen LogP contribution in [0.25, 0.3) is 10.8 Å². The second-order valence-corrected chi connectivity index (χ2v) is 5.26. The highest BCUT2D eigenvalue weighted by molar-refractivity contribution is 5.92. The molecule has 0 atom stereocenters. The van der Waals surface area contributed by atoms with E-state index in [0.29, 0.717) is 18.9 Å². The summed E-state index contributed by atoms with van der Waals surface area (Å²) in [5, 5.41) is 10.8. The van der Waals surface area contributed by atoms with Gasteiger partial charge in [-0.25, -0.2) is 14.8 Å². The Hall–Kier alpha value is -2.86. The van der Waals surface area contributed by atoms with Gasteiger partial charge in [-0.05, 0) is 36.1 Å². The number of aromatic nitrogens is 2. The third-order valence-corrected chi connectivity index (χ3v) is 3.56. The molecule has 0 radical (unpaired) electrons. The standard InChI is InChI=1S/C18H19N5O.ClH/c1-2-19-18(24)23-17-10-13-6-5-7-14(15(13)12-22-17)11-21-16-8-3-4-9-20-16;/h3-10,12H,2,11H2,1H3,(H,20,21)(H2,19,22,23,24);1H. The molecule has 0 saturated carbocycles. The molecule has 0 aliphatic rings. The van der Waals surface area contributed by atoms with E-state index in [0.717, 1.165) is 22.2 Å². The van der Waals surface area contributed by atoms with Gasteiger partial charge < -0.3 is 10.6 Å². The van der Waals surface area contributed by atoms with Crippen LogP contribution in [0.4, 0.5) is 16.4 Å². The van der Waals surface area contributed by atoms with Gasteiger partial charge in [0.25, 0.3) is 0 Å². The number of anilines is 2. The summed E-state index contributed by atoms with van der Waals surface area (Å²) >= 11 is 0. The van der Waals surface area contributed by atoms with Crippen LogP contribution in [0.3, 0.4) is 0 Å². The van der Waals surface area contributed by atoms with Gasteiger partial charge in [0.15, 0.2) is 0 Å². The lowest BCUT2D eigenvalue weighted by Gasteiger charge is -2.10. The normalized spacial score (nSPS) is 9.96. The highest BCUT2D eigenvalue weighted by Crippen LogP contribution is 2.21. The number of benzene rings is 1. The minimum Gasteiger partial charge on any atom is -0.366 e. The number of rotatable bonds is 5. The topological polar surface area (TPSA) is 78.9 Å². The monoisotopic (exact) mass is 357 g/mol. The highest BCUT2D eigenvalue weighted by Gasteiger charge is 2.06. The van der Waals surface area contributed by atoms with Crippen molar-refractivity contribution in [2.75, 3.05) is 17.2 Å². The van der Waals surface area contributed by atoms with E-state index in [1.165, 1.54) is 0 Å². The van der Waals surface area contributed by atoms with E-state index in [-0.39, 0.29) is 18.4 Å². The molecule has 0 fully saturated rings. The Kier molecular flexibility index (Phi) is 6.54. The minimum absolute atomic E-state index is 0. The maximum atomic E-state index is 11.6. The zero-order chi connectivity index (χ0) is 16.8. The molecule has 130 valence electrons. The lowest BCUT2D eigenvalue weighted by atomic mass is 10.1. The number of amides is 2. The summed E-state index contributed by atoms with van der Waals surface area (Å²) in [6.07, 6.45) is 3.54. The number of fused-ring (bicyclic) bond motifs is 1. The second-order valence-electron chi connectivity index (χ2n) is 5.26. The number of halogens is 1. The van der Waals surface area contributed by atoms with Crippen LogP contribution in [0.2, 0.25) is 0 Å². The first kappa shape index (κ1) is 18.5. The van der Waals surface area contributed by atoms with Crippen LogP contribution in [-0.2, 0) is 6.54 Å². The molecule has 7 heteroatoms. The molecule has 0 aliphatic carbocycles. The van der Waals surface area contributed by atoms with E-state index >= 15 is 0 Å². The van der Waals surface area contributed by atoms with Crippen LogP contribution in [0.15, 0.2) is 54.9 Å². The summed E-state index contributed by atoms with van der Waals surface area (Å²) in [4.78, 5) is 20.2. The number of carbonyl (C=O) groups excluding carboxylic acids is 1. The molecule has 0 bridgehead atoms. The van der Waals surface area contributed by atoms with Crippen molar-refractivity contribution in [3.05, 3.63) is 60.4 Å². The Balaban J connectivity index is 0.00000225. The first-order valence-electron chi connectivity index (χ1n) is 7.83. The zero-order valence-electron chi connectivity index (χ0n) is 13.8. The second kappa shape index (κ2) is 8.84. The summed E-state index contributed by atoms with van der Waals surface area (Å²) < 4.78 is 0. The highest BCUT2D eigenvalue weighted by atomic mass is 35.5. The largest absolute Gasteiger partial charge is 0.366 e. The molecule has 6 nitrogen and oxygen atoms in total. The Morgan fingerprint density at radius 3 is 2.72 bits per heavy atom. The molecule has 3 rings (SSSR count). The van der Waals surface area contributed by atoms with E-state index in [4.69, 9.17) is 0 Å². The van der Waals surface area contributed by atoms with Gasteiger partial charge in [0.1, 0.15) is 11.6 Å². The average molecular weight is 358 g/mol. The van der Waals surface area contributed by atoms with Crippen LogP contribution >= 0.6 is 12.4 Å². The van der Waals surface area contributed by atoms with E-state index in [2.05, 4.69) is 32.0 Å². The average Bonchev–Trinajstić information content (AvgIpc) is 2.60. The number of nitrogens with zero attached hydrogens (tertiary/aromatic N) is 2. The Morgan fingerprint density at radius 2 is 1.96 bits per heavy atom. The maximum Gasteiger partial charge on any atom is 0.320 e. The van der Waals surface area contributed by atoms with Gasteiger partial charge in [-0.1, -0.05) is 24.3 Å². The van der Waals surface area contributed by atoms with E-state index in [1.807, 2.05) is 43.3 Å². The van der Waals surface area contributed by atoms with Gasteiger partial charge in [-0.2, -0.15) is 0 Å². The summed E-state index contributed by atoms with van der Waals surface area (Å²) in [6.45, 7) is 3.09. The summed E-state index contributed by atoms with van der Waals surface area (Å²) in [5.41, 5.74) is 1.12. The Labute approximate surface area is 152 Å². The Morgan fingerprint density at radius 1 is 1.08 bits per heavy atom. The molecule has 1 aromatic carbocycles. The van der Waals surface area contributed by atoms with Crippen LogP contribution < -0.4 is 16.0 Å². The number of nitrogens with one attached hydrogen (secondary N) is 3. The fourth-order valence-electron chi connectivity index (χ4n) is 2.43. The van der Waals surface area contributed by atoms with Gasteiger partial charge in [0.05, 0.1) is 0 Å². The first-order valence-corrected chi connectivity index (χ1v) is 7.83. The van der Waals surface area contributed by atoms with Gasteiger partial charge >= 0.3 is 6.03 Å². The van der Waals surface area contributed by atoms with Crippen molar-refractivity contribution in [2.45, 2.75) is 13.5 Å². The summed E-state index contributed by atoms with van der Waals surface area (Å²) in [7, 11) is 0. The lowest BCUT2D eigenvalue weighted by Crippen LogP contribution is -2.28. The van der Waals surface area contributed by atoms with Crippen LogP contribution in [0.5, 0.6) is 0 Å². The summed E-state index contributed by atoms with van der Waals surface area (Å²) in [5.74, 6) is 1.36. The van der Waals surface area contributed by atoms with Crippen molar-refractivity contribution in [1.29, 1.82) is 0 Å². The number of urea groups is 1. The number of hydrogen-bond donors (Lipinski definition) is 3. The quantitative estimate of drug-likeness (QED) is 0.648. The summed E-state index contributed by atoms with van der Waals surface area (Å²) in [6, 6.07) is 13.4. The van der Waals surface area contributed by atoms with Crippen molar-refractivity contribution in [2.24, 2.45) is 0 Å². The molecule has 2 aromatic heterocycles. The molecule has 0 saturated heterocycles. The van der Waals surface area contributed by atoms with E-state index < -0.39 is 0 Å². The molecular formula is C18H20ClN5O. The van der Waals surface area contributed by atoms with Crippen LogP contribution in [-0.4, -0.2) is 22.5 Å². The minimum atomic E-state index is -0.252. The number of pyridine rings is 2. The number of carbonyl (C=O) groups is 1.